The fourth-order valence-electron chi connectivity index (χ4n) is 0.529. The van der Waals surface area contributed by atoms with E-state index in [9.17, 15) is 9.36 Å². The van der Waals surface area contributed by atoms with Gasteiger partial charge in [-0.15, -0.1) is 11.3 Å². The predicted molar refractivity (Wildman–Crippen MR) is 44.4 cm³/mol. The quantitative estimate of drug-likeness (QED) is 0.569. The van der Waals surface area contributed by atoms with Crippen LogP contribution in [0, 0.1) is 0 Å². The van der Waals surface area contributed by atoms with Crippen LogP contribution in [0.2, 0.25) is 0 Å². The van der Waals surface area contributed by atoms with E-state index in [1.54, 1.807) is 5.38 Å². The Bertz CT molecular complexity index is 331. The number of thiazole rings is 1. The van der Waals surface area contributed by atoms with Gasteiger partial charge in [-0.25, -0.2) is 9.78 Å². The topological polar surface area (TPSA) is 96.7 Å². The second-order valence-electron chi connectivity index (χ2n) is 2.06. The van der Waals surface area contributed by atoms with Gasteiger partial charge in [-0.2, -0.15) is 0 Å². The second-order valence-corrected chi connectivity index (χ2v) is 4.54. The first kappa shape index (κ1) is 10.3. The normalized spacial score (nSPS) is 11.2. The van der Waals surface area contributed by atoms with Gasteiger partial charge in [0.1, 0.15) is 0 Å². The van der Waals surface area contributed by atoms with E-state index in [1.165, 1.54) is 6.20 Å². The highest BCUT2D eigenvalue weighted by molar-refractivity contribution is 7.51. The predicted octanol–water partition coefficient (Wildman–Crippen LogP) is 0.435. The van der Waals surface area contributed by atoms with Gasteiger partial charge in [-0.05, 0) is 0 Å². The largest absolute Gasteiger partial charge is 0.447 e. The second kappa shape index (κ2) is 3.97. The van der Waals surface area contributed by atoms with Gasteiger partial charge in [0, 0.05) is 11.6 Å². The zero-order valence-electron chi connectivity index (χ0n) is 6.28. The SMILES string of the molecule is O=C(OCP(=O)(O)O)c1nccs1. The third-order valence-corrected chi connectivity index (χ3v) is 2.19. The average Bonchev–Trinajstić information content (AvgIpc) is 2.50. The summed E-state index contributed by atoms with van der Waals surface area (Å²) in [7, 11) is -4.29. The van der Waals surface area contributed by atoms with Gasteiger partial charge in [0.15, 0.2) is 6.35 Å². The van der Waals surface area contributed by atoms with Gasteiger partial charge >= 0.3 is 13.6 Å². The molecule has 0 aliphatic carbocycles. The molecule has 0 aliphatic rings. The van der Waals surface area contributed by atoms with Crippen molar-refractivity contribution in [2.24, 2.45) is 0 Å². The van der Waals surface area contributed by atoms with E-state index in [0.29, 0.717) is 0 Å². The van der Waals surface area contributed by atoms with Crippen LogP contribution in [-0.2, 0) is 9.30 Å². The molecule has 1 heterocycles. The van der Waals surface area contributed by atoms with Crippen molar-refractivity contribution < 1.29 is 23.9 Å². The molecule has 0 aromatic carbocycles. The van der Waals surface area contributed by atoms with E-state index in [1.807, 2.05) is 0 Å². The van der Waals surface area contributed by atoms with E-state index in [2.05, 4.69) is 9.72 Å². The Balaban J connectivity index is 2.49. The molecule has 72 valence electrons. The fraction of sp³-hybridized carbons (Fsp3) is 0.200. The van der Waals surface area contributed by atoms with Gasteiger partial charge in [0.25, 0.3) is 0 Å². The standard InChI is InChI=1S/C5H6NO5PS/c7-5(4-6-1-2-13-4)11-3-12(8,9)10/h1-2H,3H2,(H2,8,9,10). The van der Waals surface area contributed by atoms with Crippen molar-refractivity contribution in [2.45, 2.75) is 0 Å². The number of aromatic nitrogens is 1. The lowest BCUT2D eigenvalue weighted by molar-refractivity contribution is 0.0549. The van der Waals surface area contributed by atoms with Crippen LogP contribution >= 0.6 is 18.9 Å². The maximum atomic E-state index is 10.9. The first-order valence-electron chi connectivity index (χ1n) is 3.10. The first-order chi connectivity index (χ1) is 5.99. The van der Waals surface area contributed by atoms with Gasteiger partial charge < -0.3 is 14.5 Å². The van der Waals surface area contributed by atoms with E-state index >= 15 is 0 Å². The van der Waals surface area contributed by atoms with E-state index in [-0.39, 0.29) is 5.01 Å². The van der Waals surface area contributed by atoms with Crippen LogP contribution in [0.5, 0.6) is 0 Å². The molecule has 0 saturated heterocycles. The molecule has 0 amide bonds. The number of carbonyl (C=O) groups is 1. The van der Waals surface area contributed by atoms with Crippen molar-refractivity contribution in [2.75, 3.05) is 6.35 Å². The smallest absolute Gasteiger partial charge is 0.368 e. The fourth-order valence-corrected chi connectivity index (χ4v) is 1.34. The third-order valence-electron chi connectivity index (χ3n) is 0.971. The number of nitrogens with zero attached hydrogens (tertiary/aromatic N) is 1. The van der Waals surface area contributed by atoms with Crippen LogP contribution in [0.1, 0.15) is 9.80 Å². The van der Waals surface area contributed by atoms with Gasteiger partial charge in [-0.3, -0.25) is 4.57 Å². The zero-order valence-corrected chi connectivity index (χ0v) is 7.99. The number of rotatable bonds is 3. The van der Waals surface area contributed by atoms with Crippen LogP contribution < -0.4 is 0 Å². The molecule has 0 unspecified atom stereocenters. The minimum Gasteiger partial charge on any atom is -0.447 e. The molecule has 0 bridgehead atoms. The maximum Gasteiger partial charge on any atom is 0.368 e. The molecular weight excluding hydrogens is 217 g/mol. The highest BCUT2D eigenvalue weighted by Gasteiger charge is 2.18. The highest BCUT2D eigenvalue weighted by Crippen LogP contribution is 2.34. The summed E-state index contributed by atoms with van der Waals surface area (Å²) in [4.78, 5) is 31.3. The Hall–Kier alpha value is -0.750. The average molecular weight is 223 g/mol. The number of carbonyl (C=O) groups excluding carboxylic acids is 1. The summed E-state index contributed by atoms with van der Waals surface area (Å²) in [5.74, 6) is -0.821. The number of hydrogen-bond donors (Lipinski definition) is 2. The molecule has 0 fully saturated rings. The van der Waals surface area contributed by atoms with Crippen LogP contribution in [-0.4, -0.2) is 27.1 Å². The summed E-state index contributed by atoms with van der Waals surface area (Å²) in [6.07, 6.45) is 0.490. The lowest BCUT2D eigenvalue weighted by Crippen LogP contribution is -2.05. The summed E-state index contributed by atoms with van der Waals surface area (Å²) >= 11 is 1.04. The lowest BCUT2D eigenvalue weighted by Gasteiger charge is -2.03. The first-order valence-corrected chi connectivity index (χ1v) is 5.78. The van der Waals surface area contributed by atoms with Crippen molar-refractivity contribution in [3.05, 3.63) is 16.6 Å². The lowest BCUT2D eigenvalue weighted by atomic mass is 10.7. The molecule has 0 spiro atoms. The van der Waals surface area contributed by atoms with Crippen LogP contribution in [0.4, 0.5) is 0 Å². The number of ether oxygens (including phenoxy) is 1. The summed E-state index contributed by atoms with van der Waals surface area (Å²) in [5.41, 5.74) is 0. The summed E-state index contributed by atoms with van der Waals surface area (Å²) < 4.78 is 14.6. The Morgan fingerprint density at radius 2 is 2.38 bits per heavy atom. The summed E-state index contributed by atoms with van der Waals surface area (Å²) in [6, 6.07) is 0. The number of hydrogen-bond acceptors (Lipinski definition) is 5. The minimum atomic E-state index is -4.29. The number of esters is 1. The van der Waals surface area contributed by atoms with Crippen molar-refractivity contribution in [1.82, 2.24) is 4.98 Å². The monoisotopic (exact) mass is 223 g/mol. The van der Waals surface area contributed by atoms with Crippen molar-refractivity contribution in [3.63, 3.8) is 0 Å². The highest BCUT2D eigenvalue weighted by atomic mass is 32.1. The molecule has 6 nitrogen and oxygen atoms in total. The van der Waals surface area contributed by atoms with E-state index in [4.69, 9.17) is 9.79 Å². The molecule has 0 saturated carbocycles. The molecule has 1 rings (SSSR count). The van der Waals surface area contributed by atoms with Gasteiger partial charge in [0.05, 0.1) is 0 Å². The zero-order chi connectivity index (χ0) is 9.90. The van der Waals surface area contributed by atoms with E-state index < -0.39 is 19.9 Å². The summed E-state index contributed by atoms with van der Waals surface area (Å²) in [5, 5.41) is 1.64. The van der Waals surface area contributed by atoms with Crippen LogP contribution in [0.25, 0.3) is 0 Å². The van der Waals surface area contributed by atoms with E-state index in [0.717, 1.165) is 11.3 Å². The molecule has 0 radical (unpaired) electrons. The molecule has 0 aliphatic heterocycles. The Labute approximate surface area is 77.3 Å². The Morgan fingerprint density at radius 1 is 1.69 bits per heavy atom. The van der Waals surface area contributed by atoms with Crippen molar-refractivity contribution in [1.29, 1.82) is 0 Å². The molecule has 1 aromatic heterocycles. The maximum absolute atomic E-state index is 10.9. The van der Waals surface area contributed by atoms with Crippen LogP contribution in [0.15, 0.2) is 11.6 Å². The van der Waals surface area contributed by atoms with Gasteiger partial charge in [0.2, 0.25) is 5.01 Å². The third kappa shape index (κ3) is 3.65. The Kier molecular flexibility index (Phi) is 3.16. The van der Waals surface area contributed by atoms with Crippen molar-refractivity contribution >= 4 is 24.9 Å². The van der Waals surface area contributed by atoms with Gasteiger partial charge in [-0.1, -0.05) is 0 Å². The minimum absolute atomic E-state index is 0.0773. The summed E-state index contributed by atoms with van der Waals surface area (Å²) in [6.45, 7) is 0. The van der Waals surface area contributed by atoms with Crippen molar-refractivity contribution in [3.8, 4) is 0 Å². The Morgan fingerprint density at radius 3 is 2.85 bits per heavy atom. The molecule has 2 N–H and O–H groups in total. The molecule has 1 aromatic rings. The molecule has 8 heteroatoms. The molecular formula is C5H6NO5PS. The molecule has 13 heavy (non-hydrogen) atoms. The van der Waals surface area contributed by atoms with Crippen LogP contribution in [0.3, 0.4) is 0 Å². The molecule has 0 atom stereocenters.